The summed E-state index contributed by atoms with van der Waals surface area (Å²) in [5, 5.41) is 5.44. The molecule has 2 rings (SSSR count). The fourth-order valence-corrected chi connectivity index (χ4v) is 2.56. The maximum atomic E-state index is 12.4. The SMILES string of the molecule is CCN1CC(C(=O)Nc2ccccc2C(=O)NCCN)CC1=O. The van der Waals surface area contributed by atoms with Gasteiger partial charge in [0.25, 0.3) is 5.91 Å². The second-order valence-corrected chi connectivity index (χ2v) is 5.41. The highest BCUT2D eigenvalue weighted by molar-refractivity contribution is 6.05. The molecule has 23 heavy (non-hydrogen) atoms. The van der Waals surface area contributed by atoms with Gasteiger partial charge in [0.2, 0.25) is 11.8 Å². The standard InChI is InChI=1S/C16H22N4O3/c1-2-20-10-11(9-14(20)21)15(22)19-13-6-4-3-5-12(13)16(23)18-8-7-17/h3-6,11H,2,7-10,17H2,1H3,(H,18,23)(H,19,22). The molecule has 1 aliphatic heterocycles. The van der Waals surface area contributed by atoms with E-state index in [0.29, 0.717) is 37.4 Å². The minimum atomic E-state index is -0.386. The van der Waals surface area contributed by atoms with Crippen LogP contribution in [0.25, 0.3) is 0 Å². The van der Waals surface area contributed by atoms with Crippen molar-refractivity contribution in [1.29, 1.82) is 0 Å². The summed E-state index contributed by atoms with van der Waals surface area (Å²) in [6.07, 6.45) is 0.210. The van der Waals surface area contributed by atoms with Gasteiger partial charge in [-0.3, -0.25) is 14.4 Å². The Morgan fingerprint density at radius 3 is 2.74 bits per heavy atom. The highest BCUT2D eigenvalue weighted by Crippen LogP contribution is 2.21. The Bertz CT molecular complexity index is 603. The van der Waals surface area contributed by atoms with Gasteiger partial charge in [0.1, 0.15) is 0 Å². The Morgan fingerprint density at radius 1 is 1.35 bits per heavy atom. The predicted molar refractivity (Wildman–Crippen MR) is 86.8 cm³/mol. The number of para-hydroxylation sites is 1. The molecular weight excluding hydrogens is 296 g/mol. The molecule has 1 fully saturated rings. The largest absolute Gasteiger partial charge is 0.351 e. The lowest BCUT2D eigenvalue weighted by Crippen LogP contribution is -2.31. The fraction of sp³-hybridized carbons (Fsp3) is 0.438. The van der Waals surface area contributed by atoms with Crippen LogP contribution in [0.2, 0.25) is 0 Å². The average Bonchev–Trinajstić information content (AvgIpc) is 2.94. The Balaban J connectivity index is 2.07. The van der Waals surface area contributed by atoms with Crippen LogP contribution in [-0.4, -0.2) is 48.8 Å². The summed E-state index contributed by atoms with van der Waals surface area (Å²) in [7, 11) is 0. The molecule has 124 valence electrons. The molecule has 1 heterocycles. The van der Waals surface area contributed by atoms with E-state index in [-0.39, 0.29) is 30.1 Å². The number of hydrogen-bond acceptors (Lipinski definition) is 4. The number of carbonyl (C=O) groups excluding carboxylic acids is 3. The number of carbonyl (C=O) groups is 3. The second-order valence-electron chi connectivity index (χ2n) is 5.41. The third-order valence-corrected chi connectivity index (χ3v) is 3.83. The number of nitrogens with one attached hydrogen (secondary N) is 2. The van der Waals surface area contributed by atoms with Crippen LogP contribution in [0.4, 0.5) is 5.69 Å². The first-order chi connectivity index (χ1) is 11.1. The van der Waals surface area contributed by atoms with Crippen LogP contribution in [0.3, 0.4) is 0 Å². The van der Waals surface area contributed by atoms with E-state index in [1.165, 1.54) is 0 Å². The van der Waals surface area contributed by atoms with E-state index in [1.54, 1.807) is 29.2 Å². The van der Waals surface area contributed by atoms with Gasteiger partial charge in [0.05, 0.1) is 17.2 Å². The van der Waals surface area contributed by atoms with Crippen molar-refractivity contribution in [2.75, 3.05) is 31.5 Å². The lowest BCUT2D eigenvalue weighted by molar-refractivity contribution is -0.128. The van der Waals surface area contributed by atoms with E-state index in [2.05, 4.69) is 10.6 Å². The second kappa shape index (κ2) is 7.73. The van der Waals surface area contributed by atoms with Crippen molar-refractivity contribution >= 4 is 23.4 Å². The van der Waals surface area contributed by atoms with Gasteiger partial charge in [-0.2, -0.15) is 0 Å². The van der Waals surface area contributed by atoms with Crippen molar-refractivity contribution in [3.63, 3.8) is 0 Å². The molecule has 3 amide bonds. The Morgan fingerprint density at radius 2 is 2.09 bits per heavy atom. The van der Waals surface area contributed by atoms with Gasteiger partial charge in [-0.15, -0.1) is 0 Å². The number of benzene rings is 1. The first-order valence-corrected chi connectivity index (χ1v) is 7.72. The smallest absolute Gasteiger partial charge is 0.253 e. The van der Waals surface area contributed by atoms with Gasteiger partial charge in [0.15, 0.2) is 0 Å². The van der Waals surface area contributed by atoms with Gasteiger partial charge in [-0.05, 0) is 19.1 Å². The van der Waals surface area contributed by atoms with Crippen LogP contribution >= 0.6 is 0 Å². The van der Waals surface area contributed by atoms with Gasteiger partial charge >= 0.3 is 0 Å². The van der Waals surface area contributed by atoms with Crippen molar-refractivity contribution in [2.24, 2.45) is 11.7 Å². The zero-order chi connectivity index (χ0) is 16.8. The first-order valence-electron chi connectivity index (χ1n) is 7.72. The lowest BCUT2D eigenvalue weighted by atomic mass is 10.1. The lowest BCUT2D eigenvalue weighted by Gasteiger charge is -2.15. The zero-order valence-corrected chi connectivity index (χ0v) is 13.2. The van der Waals surface area contributed by atoms with Crippen LogP contribution in [-0.2, 0) is 9.59 Å². The highest BCUT2D eigenvalue weighted by Gasteiger charge is 2.33. The summed E-state index contributed by atoms with van der Waals surface area (Å²) in [5.41, 5.74) is 6.19. The number of anilines is 1. The van der Waals surface area contributed by atoms with Crippen LogP contribution in [0.5, 0.6) is 0 Å². The molecule has 1 atom stereocenters. The average molecular weight is 318 g/mol. The van der Waals surface area contributed by atoms with Crippen molar-refractivity contribution < 1.29 is 14.4 Å². The number of hydrogen-bond donors (Lipinski definition) is 3. The first kappa shape index (κ1) is 17.0. The Hall–Kier alpha value is -2.41. The molecule has 0 radical (unpaired) electrons. The third-order valence-electron chi connectivity index (χ3n) is 3.83. The van der Waals surface area contributed by atoms with E-state index in [0.717, 1.165) is 0 Å². The summed E-state index contributed by atoms with van der Waals surface area (Å²) in [6.45, 7) is 3.61. The molecule has 7 nitrogen and oxygen atoms in total. The van der Waals surface area contributed by atoms with Crippen LogP contribution in [0.1, 0.15) is 23.7 Å². The van der Waals surface area contributed by atoms with E-state index in [1.807, 2.05) is 6.92 Å². The summed E-state index contributed by atoms with van der Waals surface area (Å²) in [4.78, 5) is 37.9. The molecule has 1 unspecified atom stereocenters. The van der Waals surface area contributed by atoms with E-state index < -0.39 is 0 Å². The summed E-state index contributed by atoms with van der Waals surface area (Å²) < 4.78 is 0. The highest BCUT2D eigenvalue weighted by atomic mass is 16.2. The molecule has 0 saturated carbocycles. The van der Waals surface area contributed by atoms with Gasteiger partial charge < -0.3 is 21.3 Å². The third kappa shape index (κ3) is 4.07. The monoisotopic (exact) mass is 318 g/mol. The number of amides is 3. The maximum absolute atomic E-state index is 12.4. The number of nitrogens with two attached hydrogens (primary N) is 1. The van der Waals surface area contributed by atoms with Crippen molar-refractivity contribution in [2.45, 2.75) is 13.3 Å². The van der Waals surface area contributed by atoms with Crippen molar-refractivity contribution in [3.05, 3.63) is 29.8 Å². The normalized spacial score (nSPS) is 17.2. The molecule has 7 heteroatoms. The summed E-state index contributed by atoms with van der Waals surface area (Å²) in [5.74, 6) is -0.929. The molecule has 4 N–H and O–H groups in total. The maximum Gasteiger partial charge on any atom is 0.253 e. The molecule has 0 bridgehead atoms. The molecule has 1 aromatic rings. The molecule has 0 spiro atoms. The minimum absolute atomic E-state index is 0.0124. The fourth-order valence-electron chi connectivity index (χ4n) is 2.56. The Labute approximate surface area is 135 Å². The number of rotatable bonds is 6. The predicted octanol–water partition coefficient (Wildman–Crippen LogP) is 0.182. The van der Waals surface area contributed by atoms with E-state index >= 15 is 0 Å². The van der Waals surface area contributed by atoms with Gasteiger partial charge in [-0.1, -0.05) is 12.1 Å². The summed E-state index contributed by atoms with van der Waals surface area (Å²) in [6, 6.07) is 6.78. The Kier molecular flexibility index (Phi) is 5.70. The molecule has 1 saturated heterocycles. The zero-order valence-electron chi connectivity index (χ0n) is 13.2. The van der Waals surface area contributed by atoms with Crippen LogP contribution in [0.15, 0.2) is 24.3 Å². The topological polar surface area (TPSA) is 105 Å². The van der Waals surface area contributed by atoms with Gasteiger partial charge in [-0.25, -0.2) is 0 Å². The summed E-state index contributed by atoms with van der Waals surface area (Å²) >= 11 is 0. The molecule has 0 aromatic heterocycles. The van der Waals surface area contributed by atoms with E-state index in [9.17, 15) is 14.4 Å². The number of nitrogens with zero attached hydrogens (tertiary/aromatic N) is 1. The van der Waals surface area contributed by atoms with Crippen molar-refractivity contribution in [3.8, 4) is 0 Å². The molecule has 1 aromatic carbocycles. The van der Waals surface area contributed by atoms with E-state index in [4.69, 9.17) is 5.73 Å². The van der Waals surface area contributed by atoms with Crippen LogP contribution in [0, 0.1) is 5.92 Å². The van der Waals surface area contributed by atoms with Gasteiger partial charge in [0, 0.05) is 32.6 Å². The molecule has 0 aliphatic carbocycles. The quantitative estimate of drug-likeness (QED) is 0.696. The molecular formula is C16H22N4O3. The number of likely N-dealkylation sites (tertiary alicyclic amines) is 1. The van der Waals surface area contributed by atoms with Crippen LogP contribution < -0.4 is 16.4 Å². The van der Waals surface area contributed by atoms with Crippen molar-refractivity contribution in [1.82, 2.24) is 10.2 Å². The molecule has 1 aliphatic rings. The minimum Gasteiger partial charge on any atom is -0.351 e.